The Morgan fingerprint density at radius 1 is 1.39 bits per heavy atom. The average Bonchev–Trinajstić information content (AvgIpc) is 2.47. The molecule has 1 rings (SSSR count). The third kappa shape index (κ3) is 14.9. The highest BCUT2D eigenvalue weighted by atomic mass is 16.5. The van der Waals surface area contributed by atoms with Crippen LogP contribution in [0.2, 0.25) is 0 Å². The lowest BCUT2D eigenvalue weighted by Gasteiger charge is -2.03. The molecule has 0 fully saturated rings. The summed E-state index contributed by atoms with van der Waals surface area (Å²) in [7, 11) is 1.98. The van der Waals surface area contributed by atoms with Crippen molar-refractivity contribution in [2.45, 2.75) is 46.5 Å². The van der Waals surface area contributed by atoms with E-state index in [1.165, 1.54) is 12.8 Å². The first-order chi connectivity index (χ1) is 8.85. The third-order valence-electron chi connectivity index (χ3n) is 2.17. The molecule has 1 aliphatic rings. The summed E-state index contributed by atoms with van der Waals surface area (Å²) in [6.07, 6.45) is 10.9. The van der Waals surface area contributed by atoms with Crippen LogP contribution in [-0.2, 0) is 9.53 Å². The van der Waals surface area contributed by atoms with Gasteiger partial charge in [0, 0.05) is 0 Å². The summed E-state index contributed by atoms with van der Waals surface area (Å²) in [6, 6.07) is 0. The summed E-state index contributed by atoms with van der Waals surface area (Å²) in [5, 5.41) is 3.07. The van der Waals surface area contributed by atoms with Crippen LogP contribution >= 0.6 is 0 Å². The molecule has 0 unspecified atom stereocenters. The smallest absolute Gasteiger partial charge is 0.293 e. The number of carbonyl (C=O) groups excluding carboxylic acids is 1. The third-order valence-corrected chi connectivity index (χ3v) is 2.17. The van der Waals surface area contributed by atoms with E-state index in [1.807, 2.05) is 27.0 Å². The lowest BCUT2D eigenvalue weighted by molar-refractivity contribution is -0.127. The van der Waals surface area contributed by atoms with Crippen LogP contribution in [0.1, 0.15) is 46.5 Å². The molecule has 0 heterocycles. The highest BCUT2D eigenvalue weighted by Gasteiger charge is 1.95. The fourth-order valence-electron chi connectivity index (χ4n) is 1.26. The maximum Gasteiger partial charge on any atom is 0.293 e. The Morgan fingerprint density at radius 3 is 2.50 bits per heavy atom. The number of carbonyl (C=O) groups is 1. The molecule has 0 bridgehead atoms. The summed E-state index contributed by atoms with van der Waals surface area (Å²) >= 11 is 0. The predicted molar refractivity (Wildman–Crippen MR) is 78.7 cm³/mol. The van der Waals surface area contributed by atoms with Crippen LogP contribution in [0, 0.1) is 0 Å². The second kappa shape index (κ2) is 18.3. The van der Waals surface area contributed by atoms with E-state index >= 15 is 0 Å². The van der Waals surface area contributed by atoms with Crippen molar-refractivity contribution in [3.8, 4) is 0 Å². The molecule has 0 aliphatic heterocycles. The van der Waals surface area contributed by atoms with Crippen LogP contribution in [0.4, 0.5) is 0 Å². The molecule has 0 saturated heterocycles. The second-order valence-corrected chi connectivity index (χ2v) is 3.62. The zero-order valence-corrected chi connectivity index (χ0v) is 12.4. The predicted octanol–water partition coefficient (Wildman–Crippen LogP) is 3.47. The summed E-state index contributed by atoms with van der Waals surface area (Å²) in [6.45, 7) is 8.25. The van der Waals surface area contributed by atoms with Gasteiger partial charge in [-0.1, -0.05) is 45.4 Å². The van der Waals surface area contributed by atoms with Crippen molar-refractivity contribution in [3.05, 3.63) is 23.8 Å². The van der Waals surface area contributed by atoms with Gasteiger partial charge in [-0.25, -0.2) is 0 Å². The number of ether oxygens (including phenoxy) is 1. The monoisotopic (exact) mass is 255 g/mol. The molecular weight excluding hydrogens is 226 g/mol. The molecular formula is C15H29NO2. The number of nitrogens with one attached hydrogen (secondary N) is 1. The Bertz CT molecular complexity index is 219. The minimum Gasteiger partial charge on any atom is -0.463 e. The largest absolute Gasteiger partial charge is 0.463 e. The van der Waals surface area contributed by atoms with Gasteiger partial charge in [-0.05, 0) is 38.4 Å². The average molecular weight is 255 g/mol. The SMILES string of the molecule is CC.CCCCNC.O=COCC1=CCCC=C1. The number of unbranched alkanes of at least 4 members (excludes halogenated alkanes) is 1. The van der Waals surface area contributed by atoms with Gasteiger partial charge in [0.15, 0.2) is 0 Å². The van der Waals surface area contributed by atoms with Gasteiger partial charge >= 0.3 is 0 Å². The van der Waals surface area contributed by atoms with Crippen LogP contribution in [0.5, 0.6) is 0 Å². The molecule has 1 aliphatic carbocycles. The van der Waals surface area contributed by atoms with Crippen LogP contribution in [0.15, 0.2) is 23.8 Å². The van der Waals surface area contributed by atoms with E-state index in [-0.39, 0.29) is 0 Å². The van der Waals surface area contributed by atoms with Crippen molar-refractivity contribution in [1.82, 2.24) is 5.32 Å². The fraction of sp³-hybridized carbons (Fsp3) is 0.667. The van der Waals surface area contributed by atoms with Gasteiger partial charge in [0.1, 0.15) is 6.61 Å². The summed E-state index contributed by atoms with van der Waals surface area (Å²) in [5.41, 5.74) is 1.10. The first kappa shape index (κ1) is 19.3. The molecule has 0 spiro atoms. The Labute approximate surface area is 112 Å². The van der Waals surface area contributed by atoms with Gasteiger partial charge < -0.3 is 10.1 Å². The molecule has 0 aromatic carbocycles. The molecule has 18 heavy (non-hydrogen) atoms. The van der Waals surface area contributed by atoms with Crippen molar-refractivity contribution >= 4 is 6.47 Å². The maximum absolute atomic E-state index is 9.77. The minimum atomic E-state index is 0.417. The summed E-state index contributed by atoms with van der Waals surface area (Å²) in [4.78, 5) is 9.77. The van der Waals surface area contributed by atoms with Crippen LogP contribution in [0.25, 0.3) is 0 Å². The normalized spacial score (nSPS) is 12.3. The Hall–Kier alpha value is -1.09. The number of rotatable bonds is 6. The van der Waals surface area contributed by atoms with Gasteiger partial charge in [0.05, 0.1) is 0 Å². The number of allylic oxidation sites excluding steroid dienone is 2. The Kier molecular flexibility index (Phi) is 19.6. The number of hydrogen-bond acceptors (Lipinski definition) is 3. The number of hydrogen-bond donors (Lipinski definition) is 1. The summed E-state index contributed by atoms with van der Waals surface area (Å²) < 4.78 is 4.57. The molecule has 0 amide bonds. The van der Waals surface area contributed by atoms with Gasteiger partial charge in [0.2, 0.25) is 0 Å². The Balaban J connectivity index is 0. The van der Waals surface area contributed by atoms with Crippen LogP contribution in [-0.4, -0.2) is 26.7 Å². The van der Waals surface area contributed by atoms with Crippen molar-refractivity contribution < 1.29 is 9.53 Å². The molecule has 0 radical (unpaired) electrons. The topological polar surface area (TPSA) is 38.3 Å². The van der Waals surface area contributed by atoms with Crippen LogP contribution in [0.3, 0.4) is 0 Å². The molecule has 1 N–H and O–H groups in total. The highest BCUT2D eigenvalue weighted by Crippen LogP contribution is 2.08. The van der Waals surface area contributed by atoms with Crippen molar-refractivity contribution in [2.24, 2.45) is 0 Å². The lowest BCUT2D eigenvalue weighted by Crippen LogP contribution is -2.06. The van der Waals surface area contributed by atoms with E-state index in [4.69, 9.17) is 0 Å². The maximum atomic E-state index is 9.77. The lowest BCUT2D eigenvalue weighted by atomic mass is 10.1. The van der Waals surface area contributed by atoms with Gasteiger partial charge in [-0.2, -0.15) is 0 Å². The summed E-state index contributed by atoms with van der Waals surface area (Å²) in [5.74, 6) is 0. The molecule has 0 aromatic rings. The Morgan fingerprint density at radius 2 is 2.11 bits per heavy atom. The van der Waals surface area contributed by atoms with Gasteiger partial charge in [0.25, 0.3) is 6.47 Å². The molecule has 106 valence electrons. The quantitative estimate of drug-likeness (QED) is 0.583. The van der Waals surface area contributed by atoms with E-state index in [0.717, 1.165) is 25.0 Å². The zero-order valence-electron chi connectivity index (χ0n) is 12.4. The van der Waals surface area contributed by atoms with E-state index in [9.17, 15) is 4.79 Å². The van der Waals surface area contributed by atoms with Crippen molar-refractivity contribution in [3.63, 3.8) is 0 Å². The fourth-order valence-corrected chi connectivity index (χ4v) is 1.26. The molecule has 3 heteroatoms. The van der Waals surface area contributed by atoms with Gasteiger partial charge in [-0.15, -0.1) is 0 Å². The van der Waals surface area contributed by atoms with E-state index in [0.29, 0.717) is 13.1 Å². The molecule has 0 aromatic heterocycles. The van der Waals surface area contributed by atoms with E-state index in [2.05, 4.69) is 29.1 Å². The molecule has 0 saturated carbocycles. The first-order valence-corrected chi connectivity index (χ1v) is 6.90. The van der Waals surface area contributed by atoms with Crippen molar-refractivity contribution in [1.29, 1.82) is 0 Å². The standard InChI is InChI=1S/C8H10O2.C5H13N.C2H6/c9-7-10-6-8-4-2-1-3-5-8;1-3-4-5-6-2;1-2/h2,4-5,7H,1,3,6H2;6H,3-5H2,1-2H3;1-2H3. The zero-order chi connectivity index (χ0) is 14.1. The minimum absolute atomic E-state index is 0.417. The van der Waals surface area contributed by atoms with Crippen LogP contribution < -0.4 is 5.32 Å². The molecule has 3 nitrogen and oxygen atoms in total. The highest BCUT2D eigenvalue weighted by molar-refractivity contribution is 5.38. The van der Waals surface area contributed by atoms with Gasteiger partial charge in [-0.3, -0.25) is 4.79 Å². The van der Waals surface area contributed by atoms with E-state index in [1.54, 1.807) is 0 Å². The molecule has 0 atom stereocenters. The first-order valence-electron chi connectivity index (χ1n) is 6.90. The van der Waals surface area contributed by atoms with E-state index < -0.39 is 0 Å². The second-order valence-electron chi connectivity index (χ2n) is 3.62. The van der Waals surface area contributed by atoms with Crippen molar-refractivity contribution in [2.75, 3.05) is 20.2 Å².